The number of aryl methyl sites for hydroxylation is 1. The molecule has 0 spiro atoms. The van der Waals surface area contributed by atoms with Crippen molar-refractivity contribution >= 4 is 11.6 Å². The molecule has 1 unspecified atom stereocenters. The summed E-state index contributed by atoms with van der Waals surface area (Å²) in [7, 11) is 2.02. The van der Waals surface area contributed by atoms with Crippen molar-refractivity contribution in [3.8, 4) is 11.7 Å². The van der Waals surface area contributed by atoms with Gasteiger partial charge >= 0.3 is 6.01 Å². The molecule has 23 heavy (non-hydrogen) atoms. The molecule has 0 radical (unpaired) electrons. The highest BCUT2D eigenvalue weighted by atomic mass is 35.5. The first-order chi connectivity index (χ1) is 11.0. The quantitative estimate of drug-likeness (QED) is 0.838. The summed E-state index contributed by atoms with van der Waals surface area (Å²) in [6.07, 6.45) is 3.48. The summed E-state index contributed by atoms with van der Waals surface area (Å²) in [6, 6.07) is 6.44. The molecule has 3 rings (SSSR count). The van der Waals surface area contributed by atoms with Crippen LogP contribution in [-0.2, 0) is 0 Å². The van der Waals surface area contributed by atoms with E-state index in [1.54, 1.807) is 11.0 Å². The van der Waals surface area contributed by atoms with Gasteiger partial charge in [-0.05, 0) is 50.6 Å². The Balaban J connectivity index is 1.56. The summed E-state index contributed by atoms with van der Waals surface area (Å²) in [5.41, 5.74) is 1.89. The monoisotopic (exact) mass is 336 g/mol. The molecule has 0 aliphatic heterocycles. The zero-order valence-electron chi connectivity index (χ0n) is 13.3. The van der Waals surface area contributed by atoms with Crippen LogP contribution in [0.15, 0.2) is 24.5 Å². The second-order valence-corrected chi connectivity index (χ2v) is 6.47. The van der Waals surface area contributed by atoms with Crippen LogP contribution in [0.4, 0.5) is 0 Å². The molecule has 1 fully saturated rings. The van der Waals surface area contributed by atoms with Crippen molar-refractivity contribution in [2.45, 2.75) is 31.9 Å². The van der Waals surface area contributed by atoms with Crippen molar-refractivity contribution in [3.05, 3.63) is 35.1 Å². The molecule has 1 aliphatic carbocycles. The molecular formula is C16H21ClN4O2. The molecule has 1 saturated carbocycles. The summed E-state index contributed by atoms with van der Waals surface area (Å²) in [4.78, 5) is 6.29. The Kier molecular flexibility index (Phi) is 4.84. The summed E-state index contributed by atoms with van der Waals surface area (Å²) in [5.74, 6) is 0. The number of aromatic nitrogens is 3. The van der Waals surface area contributed by atoms with Crippen LogP contribution in [0.1, 0.15) is 18.4 Å². The Morgan fingerprint density at radius 2 is 2.26 bits per heavy atom. The number of ether oxygens (including phenoxy) is 1. The van der Waals surface area contributed by atoms with Crippen LogP contribution < -0.4 is 4.74 Å². The van der Waals surface area contributed by atoms with E-state index in [9.17, 15) is 5.11 Å². The topological polar surface area (TPSA) is 63.4 Å². The smallest absolute Gasteiger partial charge is 0.335 e. The molecule has 0 amide bonds. The average Bonchev–Trinajstić information content (AvgIpc) is 3.25. The Morgan fingerprint density at radius 3 is 2.96 bits per heavy atom. The largest absolute Gasteiger partial charge is 0.460 e. The number of hydrogen-bond acceptors (Lipinski definition) is 5. The average molecular weight is 337 g/mol. The van der Waals surface area contributed by atoms with Crippen molar-refractivity contribution in [1.82, 2.24) is 19.7 Å². The molecule has 2 aromatic rings. The summed E-state index contributed by atoms with van der Waals surface area (Å²) < 4.78 is 7.13. The lowest BCUT2D eigenvalue weighted by Gasteiger charge is -2.19. The summed E-state index contributed by atoms with van der Waals surface area (Å²) in [5, 5.41) is 15.0. The fourth-order valence-electron chi connectivity index (χ4n) is 2.53. The standard InChI is InChI=1S/C16H21ClN4O2/c1-11-7-12(17)3-6-15(11)21-10-18-16(19-21)23-9-14(22)8-20(2)13-4-5-13/h3,6-7,10,13-14,22H,4-5,8-9H2,1-2H3. The third-order valence-electron chi connectivity index (χ3n) is 3.95. The van der Waals surface area contributed by atoms with Crippen molar-refractivity contribution in [1.29, 1.82) is 0 Å². The van der Waals surface area contributed by atoms with Gasteiger partial charge in [0.25, 0.3) is 0 Å². The van der Waals surface area contributed by atoms with E-state index >= 15 is 0 Å². The first kappa shape index (κ1) is 16.2. The zero-order chi connectivity index (χ0) is 16.4. The third-order valence-corrected chi connectivity index (χ3v) is 4.19. The van der Waals surface area contributed by atoms with Crippen LogP contribution in [0.2, 0.25) is 5.02 Å². The van der Waals surface area contributed by atoms with E-state index in [4.69, 9.17) is 16.3 Å². The Bertz CT molecular complexity index is 672. The molecule has 0 bridgehead atoms. The predicted molar refractivity (Wildman–Crippen MR) is 88.3 cm³/mol. The van der Waals surface area contributed by atoms with Gasteiger partial charge in [0.05, 0.1) is 5.69 Å². The van der Waals surface area contributed by atoms with Crippen LogP contribution in [0.3, 0.4) is 0 Å². The van der Waals surface area contributed by atoms with Gasteiger partial charge in [-0.1, -0.05) is 11.6 Å². The van der Waals surface area contributed by atoms with Gasteiger partial charge in [0, 0.05) is 17.6 Å². The van der Waals surface area contributed by atoms with Crippen LogP contribution in [0.5, 0.6) is 6.01 Å². The van der Waals surface area contributed by atoms with Crippen LogP contribution in [0, 0.1) is 6.92 Å². The molecule has 1 heterocycles. The van der Waals surface area contributed by atoms with Gasteiger partial charge < -0.3 is 14.7 Å². The minimum atomic E-state index is -0.551. The molecule has 1 aromatic carbocycles. The van der Waals surface area contributed by atoms with Crippen LogP contribution >= 0.6 is 11.6 Å². The fraction of sp³-hybridized carbons (Fsp3) is 0.500. The minimum absolute atomic E-state index is 0.181. The number of aliphatic hydroxyl groups is 1. The van der Waals surface area contributed by atoms with Gasteiger partial charge in [-0.25, -0.2) is 4.68 Å². The molecule has 124 valence electrons. The first-order valence-electron chi connectivity index (χ1n) is 7.72. The summed E-state index contributed by atoms with van der Waals surface area (Å²) >= 11 is 5.96. The van der Waals surface area contributed by atoms with Gasteiger partial charge in [0.2, 0.25) is 0 Å². The van der Waals surface area contributed by atoms with Crippen molar-refractivity contribution in [2.24, 2.45) is 0 Å². The maximum Gasteiger partial charge on any atom is 0.335 e. The number of hydrogen-bond donors (Lipinski definition) is 1. The van der Waals surface area contributed by atoms with E-state index in [2.05, 4.69) is 15.0 Å². The van der Waals surface area contributed by atoms with Gasteiger partial charge in [-0.2, -0.15) is 4.98 Å². The van der Waals surface area contributed by atoms with E-state index < -0.39 is 6.10 Å². The van der Waals surface area contributed by atoms with Crippen molar-refractivity contribution in [3.63, 3.8) is 0 Å². The number of nitrogens with zero attached hydrogens (tertiary/aromatic N) is 4. The van der Waals surface area contributed by atoms with Gasteiger partial charge in [-0.3, -0.25) is 0 Å². The van der Waals surface area contributed by atoms with Crippen LogP contribution in [0.25, 0.3) is 5.69 Å². The fourth-order valence-corrected chi connectivity index (χ4v) is 2.75. The SMILES string of the molecule is Cc1cc(Cl)ccc1-n1cnc(OCC(O)CN(C)C2CC2)n1. The maximum absolute atomic E-state index is 10.0. The lowest BCUT2D eigenvalue weighted by Crippen LogP contribution is -2.34. The van der Waals surface area contributed by atoms with E-state index in [0.29, 0.717) is 17.6 Å². The molecule has 6 nitrogen and oxygen atoms in total. The molecule has 1 N–H and O–H groups in total. The molecule has 0 saturated heterocycles. The Labute approximate surface area is 140 Å². The van der Waals surface area contributed by atoms with E-state index in [0.717, 1.165) is 11.3 Å². The number of halogens is 1. The normalized spacial score (nSPS) is 15.9. The highest BCUT2D eigenvalue weighted by Crippen LogP contribution is 2.25. The Morgan fingerprint density at radius 1 is 1.48 bits per heavy atom. The lowest BCUT2D eigenvalue weighted by molar-refractivity contribution is 0.0704. The third kappa shape index (κ3) is 4.22. The number of rotatable bonds is 7. The predicted octanol–water partition coefficient (Wildman–Crippen LogP) is 2.06. The second kappa shape index (κ2) is 6.86. The first-order valence-corrected chi connectivity index (χ1v) is 8.10. The molecule has 7 heteroatoms. The minimum Gasteiger partial charge on any atom is -0.460 e. The van der Waals surface area contributed by atoms with Gasteiger partial charge in [0.1, 0.15) is 19.0 Å². The number of likely N-dealkylation sites (N-methyl/N-ethyl adjacent to an activating group) is 1. The van der Waals surface area contributed by atoms with Crippen molar-refractivity contribution in [2.75, 3.05) is 20.2 Å². The highest BCUT2D eigenvalue weighted by Gasteiger charge is 2.27. The molecular weight excluding hydrogens is 316 g/mol. The number of aliphatic hydroxyl groups excluding tert-OH is 1. The molecule has 1 atom stereocenters. The van der Waals surface area contributed by atoms with E-state index in [1.807, 2.05) is 32.2 Å². The zero-order valence-corrected chi connectivity index (χ0v) is 14.1. The van der Waals surface area contributed by atoms with Gasteiger partial charge in [-0.15, -0.1) is 5.10 Å². The van der Waals surface area contributed by atoms with Crippen LogP contribution in [-0.4, -0.2) is 57.1 Å². The van der Waals surface area contributed by atoms with E-state index in [-0.39, 0.29) is 12.6 Å². The Hall–Kier alpha value is -1.63. The van der Waals surface area contributed by atoms with E-state index in [1.165, 1.54) is 12.8 Å². The van der Waals surface area contributed by atoms with Crippen molar-refractivity contribution < 1.29 is 9.84 Å². The second-order valence-electron chi connectivity index (χ2n) is 6.04. The molecule has 1 aliphatic rings. The lowest BCUT2D eigenvalue weighted by atomic mass is 10.2. The maximum atomic E-state index is 10.0. The summed E-state index contributed by atoms with van der Waals surface area (Å²) in [6.45, 7) is 2.74. The van der Waals surface area contributed by atoms with Gasteiger partial charge in [0.15, 0.2) is 0 Å². The highest BCUT2D eigenvalue weighted by molar-refractivity contribution is 6.30. The molecule has 1 aromatic heterocycles. The number of benzene rings is 1.